The number of methoxy groups -OCH3 is 1. The van der Waals surface area contributed by atoms with Crippen molar-refractivity contribution in [3.8, 4) is 12.1 Å². The van der Waals surface area contributed by atoms with Crippen LogP contribution in [0.4, 0.5) is 5.95 Å². The summed E-state index contributed by atoms with van der Waals surface area (Å²) in [5.41, 5.74) is 0. The molecule has 0 aliphatic carbocycles. The first-order valence-electron chi connectivity index (χ1n) is 3.93. The topological polar surface area (TPSA) is 83.7 Å². The normalized spacial score (nSPS) is 11.6. The molecule has 0 spiro atoms. The van der Waals surface area contributed by atoms with Crippen molar-refractivity contribution < 1.29 is 4.74 Å². The Labute approximate surface area is 99.8 Å². The average Bonchev–Trinajstić information content (AvgIpc) is 2.25. The predicted molar refractivity (Wildman–Crippen MR) is 56.4 cm³/mol. The molecule has 1 aromatic heterocycles. The van der Waals surface area contributed by atoms with Gasteiger partial charge in [0.1, 0.15) is 0 Å². The van der Waals surface area contributed by atoms with E-state index in [1.807, 2.05) is 0 Å². The van der Waals surface area contributed by atoms with Gasteiger partial charge in [-0.1, -0.05) is 0 Å². The van der Waals surface area contributed by atoms with Crippen LogP contribution in [0, 0.1) is 11.3 Å². The summed E-state index contributed by atoms with van der Waals surface area (Å²) in [5, 5.41) is 11.4. The number of anilines is 1. The summed E-state index contributed by atoms with van der Waals surface area (Å²) < 4.78 is 4.81. The zero-order chi connectivity index (χ0) is 11.3. The third-order valence-corrected chi connectivity index (χ3v) is 2.17. The molecule has 80 valence electrons. The van der Waals surface area contributed by atoms with E-state index >= 15 is 0 Å². The molecule has 0 aromatic carbocycles. The van der Waals surface area contributed by atoms with Gasteiger partial charge in [0, 0.05) is 0 Å². The van der Waals surface area contributed by atoms with Gasteiger partial charge >= 0.3 is 99.7 Å². The fraction of sp³-hybridized carbons (Fsp3) is 0.429. The summed E-state index contributed by atoms with van der Waals surface area (Å²) in [6.45, 7) is 0.417. The molecule has 0 aliphatic rings. The molecule has 15 heavy (non-hydrogen) atoms. The fourth-order valence-electron chi connectivity index (χ4n) is 0.736. The van der Waals surface area contributed by atoms with Crippen molar-refractivity contribution in [2.45, 2.75) is 4.82 Å². The third-order valence-electron chi connectivity index (χ3n) is 1.37. The Morgan fingerprint density at radius 2 is 2.33 bits per heavy atom. The van der Waals surface area contributed by atoms with Gasteiger partial charge in [0.05, 0.1) is 0 Å². The molecule has 0 bridgehead atoms. The van der Waals surface area contributed by atoms with Crippen LogP contribution in [0.25, 0.3) is 0 Å². The number of nitrogens with zero attached hydrogens (tertiary/aromatic N) is 4. The average molecular weight is 293 g/mol. The number of rotatable bonds is 4. The minimum atomic E-state index is -0.195. The number of nitriles is 1. The van der Waals surface area contributed by atoms with Crippen LogP contribution in [0.3, 0.4) is 0 Å². The standard InChI is InChI=1S/C7H8ClN5OSe/c1-14-7-12-5(8)11-6(13-7)10-3-4(15)2-9/h4,15H,3H2,1H3,(H,10,11,12,13). The van der Waals surface area contributed by atoms with Crippen LogP contribution < -0.4 is 10.1 Å². The van der Waals surface area contributed by atoms with Crippen LogP contribution in [0.5, 0.6) is 6.01 Å². The quantitative estimate of drug-likeness (QED) is 0.796. The molecule has 1 unspecified atom stereocenters. The molecule has 1 aromatic rings. The molecule has 1 N–H and O–H groups in total. The van der Waals surface area contributed by atoms with E-state index in [0.717, 1.165) is 0 Å². The van der Waals surface area contributed by atoms with Gasteiger partial charge in [-0.15, -0.1) is 0 Å². The number of ether oxygens (including phenoxy) is 1. The Hall–Kier alpha value is -1.09. The van der Waals surface area contributed by atoms with E-state index in [2.05, 4.69) is 42.4 Å². The van der Waals surface area contributed by atoms with Crippen LogP contribution in [0.2, 0.25) is 10.1 Å². The zero-order valence-corrected chi connectivity index (χ0v) is 10.4. The molecule has 8 heteroatoms. The molecule has 1 atom stereocenters. The van der Waals surface area contributed by atoms with Crippen molar-refractivity contribution in [1.82, 2.24) is 15.0 Å². The molecule has 1 rings (SSSR count). The van der Waals surface area contributed by atoms with Crippen LogP contribution in [-0.2, 0) is 0 Å². The summed E-state index contributed by atoms with van der Waals surface area (Å²) in [4.78, 5) is 11.2. The monoisotopic (exact) mass is 293 g/mol. The van der Waals surface area contributed by atoms with Crippen molar-refractivity contribution in [1.29, 1.82) is 5.26 Å². The van der Waals surface area contributed by atoms with Gasteiger partial charge in [-0.3, -0.25) is 0 Å². The van der Waals surface area contributed by atoms with Crippen molar-refractivity contribution in [2.75, 3.05) is 19.0 Å². The van der Waals surface area contributed by atoms with Crippen molar-refractivity contribution >= 4 is 33.6 Å². The number of nitrogens with one attached hydrogen (secondary N) is 1. The molecule has 0 amide bonds. The minimum absolute atomic E-state index is 0.0449. The molecule has 0 saturated carbocycles. The number of aromatic nitrogens is 3. The Morgan fingerprint density at radius 1 is 1.60 bits per heavy atom. The van der Waals surface area contributed by atoms with Crippen LogP contribution in [0.1, 0.15) is 0 Å². The molecule has 0 radical (unpaired) electrons. The van der Waals surface area contributed by atoms with Crippen LogP contribution in [-0.4, -0.2) is 44.6 Å². The molecular weight excluding hydrogens is 285 g/mol. The van der Waals surface area contributed by atoms with E-state index in [1.54, 1.807) is 0 Å². The maximum absolute atomic E-state index is 8.56. The van der Waals surface area contributed by atoms with Crippen molar-refractivity contribution in [2.24, 2.45) is 0 Å². The van der Waals surface area contributed by atoms with Gasteiger partial charge < -0.3 is 0 Å². The number of halogens is 1. The Bertz CT molecular complexity index is 382. The van der Waals surface area contributed by atoms with Gasteiger partial charge in [-0.25, -0.2) is 0 Å². The second kappa shape index (κ2) is 5.71. The number of hydrogen-bond acceptors (Lipinski definition) is 6. The van der Waals surface area contributed by atoms with Gasteiger partial charge in [-0.2, -0.15) is 0 Å². The van der Waals surface area contributed by atoms with E-state index in [1.165, 1.54) is 7.11 Å². The van der Waals surface area contributed by atoms with Gasteiger partial charge in [0.15, 0.2) is 0 Å². The predicted octanol–water partition coefficient (Wildman–Crippen LogP) is 0.158. The van der Waals surface area contributed by atoms with E-state index in [0.29, 0.717) is 6.54 Å². The first kappa shape index (κ1) is 12.0. The fourth-order valence-corrected chi connectivity index (χ4v) is 1.08. The molecule has 0 aliphatic heterocycles. The first-order chi connectivity index (χ1) is 7.15. The first-order valence-corrected chi connectivity index (χ1v) is 5.39. The van der Waals surface area contributed by atoms with Crippen molar-refractivity contribution in [3.05, 3.63) is 5.28 Å². The zero-order valence-electron chi connectivity index (χ0n) is 7.81. The van der Waals surface area contributed by atoms with Crippen LogP contribution in [0.15, 0.2) is 0 Å². The van der Waals surface area contributed by atoms with E-state index in [9.17, 15) is 0 Å². The summed E-state index contributed by atoms with van der Waals surface area (Å²) in [5.74, 6) is 0.290. The maximum atomic E-state index is 8.56. The summed E-state index contributed by atoms with van der Waals surface area (Å²) in [6.07, 6.45) is 0. The Morgan fingerprint density at radius 3 is 2.93 bits per heavy atom. The molecular formula is C7H8ClN5OSe. The molecule has 1 heterocycles. The van der Waals surface area contributed by atoms with E-state index in [-0.39, 0.29) is 22.1 Å². The van der Waals surface area contributed by atoms with Gasteiger partial charge in [-0.05, 0) is 0 Å². The third kappa shape index (κ3) is 3.88. The van der Waals surface area contributed by atoms with E-state index < -0.39 is 0 Å². The molecule has 0 fully saturated rings. The second-order valence-corrected chi connectivity index (χ2v) is 4.09. The van der Waals surface area contributed by atoms with Crippen molar-refractivity contribution in [3.63, 3.8) is 0 Å². The summed E-state index contributed by atoms with van der Waals surface area (Å²) in [7, 11) is 1.43. The van der Waals surface area contributed by atoms with Gasteiger partial charge in [0.2, 0.25) is 0 Å². The Kier molecular flexibility index (Phi) is 4.56. The summed E-state index contributed by atoms with van der Waals surface area (Å²) in [6, 6.07) is 2.19. The van der Waals surface area contributed by atoms with Gasteiger partial charge in [0.25, 0.3) is 0 Å². The van der Waals surface area contributed by atoms with E-state index in [4.69, 9.17) is 21.6 Å². The van der Waals surface area contributed by atoms with Crippen LogP contribution >= 0.6 is 11.6 Å². The Balaban J connectivity index is 2.69. The number of hydrogen-bond donors (Lipinski definition) is 1. The SMILES string of the molecule is COc1nc(Cl)nc(NCC([SeH])C#N)n1. The molecule has 6 nitrogen and oxygen atoms in total. The summed E-state index contributed by atoms with van der Waals surface area (Å²) >= 11 is 7.86. The second-order valence-electron chi connectivity index (χ2n) is 2.44. The molecule has 0 saturated heterocycles.